The van der Waals surface area contributed by atoms with Crippen LogP contribution in [0.3, 0.4) is 0 Å². The maximum Gasteiger partial charge on any atom is 0.0746 e. The fraction of sp³-hybridized carbons (Fsp3) is 1.00. The Bertz CT molecular complexity index is 132. The molecule has 0 aliphatic rings. The minimum atomic E-state index is -0.0504. The van der Waals surface area contributed by atoms with Crippen LogP contribution in [0, 0.1) is 5.92 Å². The maximum absolute atomic E-state index is 5.33. The van der Waals surface area contributed by atoms with E-state index in [1.165, 1.54) is 6.42 Å². The van der Waals surface area contributed by atoms with Gasteiger partial charge in [-0.3, -0.25) is 0 Å². The first-order valence-corrected chi connectivity index (χ1v) is 5.16. The first-order valence-electron chi connectivity index (χ1n) is 5.16. The van der Waals surface area contributed by atoms with Gasteiger partial charge in [0.1, 0.15) is 0 Å². The zero-order valence-corrected chi connectivity index (χ0v) is 9.98. The second-order valence-electron chi connectivity index (χ2n) is 4.88. The van der Waals surface area contributed by atoms with Crippen molar-refractivity contribution in [1.29, 1.82) is 0 Å². The highest BCUT2D eigenvalue weighted by molar-refractivity contribution is 4.74. The van der Waals surface area contributed by atoms with Crippen LogP contribution >= 0.6 is 0 Å². The Kier molecular flexibility index (Phi) is 5.57. The van der Waals surface area contributed by atoms with E-state index in [0.717, 1.165) is 12.5 Å². The monoisotopic (exact) mass is 187 g/mol. The van der Waals surface area contributed by atoms with Gasteiger partial charge < -0.3 is 10.1 Å². The summed E-state index contributed by atoms with van der Waals surface area (Å²) in [5.41, 5.74) is -0.0504. The van der Waals surface area contributed by atoms with Gasteiger partial charge in [-0.05, 0) is 33.1 Å². The molecular weight excluding hydrogens is 162 g/mol. The molecule has 0 fully saturated rings. The van der Waals surface area contributed by atoms with Crippen LogP contribution in [-0.2, 0) is 4.74 Å². The molecule has 0 aromatic carbocycles. The highest BCUT2D eigenvalue weighted by Crippen LogP contribution is 2.08. The van der Waals surface area contributed by atoms with Crippen molar-refractivity contribution in [3.05, 3.63) is 0 Å². The fourth-order valence-corrected chi connectivity index (χ4v) is 1.28. The number of methoxy groups -OCH3 is 1. The van der Waals surface area contributed by atoms with Gasteiger partial charge in [0.05, 0.1) is 5.60 Å². The molecular formula is C11H25NO. The van der Waals surface area contributed by atoms with Crippen LogP contribution in [0.5, 0.6) is 0 Å². The molecule has 0 rings (SSSR count). The highest BCUT2D eigenvalue weighted by atomic mass is 16.5. The zero-order chi connectivity index (χ0) is 10.5. The van der Waals surface area contributed by atoms with Crippen LogP contribution in [-0.4, -0.2) is 25.3 Å². The van der Waals surface area contributed by atoms with Gasteiger partial charge in [-0.15, -0.1) is 0 Å². The molecule has 0 spiro atoms. The minimum Gasteiger partial charge on any atom is -0.377 e. The van der Waals surface area contributed by atoms with Crippen LogP contribution in [0.25, 0.3) is 0 Å². The van der Waals surface area contributed by atoms with E-state index in [2.05, 4.69) is 39.9 Å². The van der Waals surface area contributed by atoms with E-state index >= 15 is 0 Å². The van der Waals surface area contributed by atoms with Gasteiger partial charge >= 0.3 is 0 Å². The lowest BCUT2D eigenvalue weighted by Crippen LogP contribution is -2.41. The van der Waals surface area contributed by atoms with E-state index in [1.807, 2.05) is 0 Å². The normalized spacial score (nSPS) is 15.0. The molecule has 0 bridgehead atoms. The molecule has 1 N–H and O–H groups in total. The molecule has 0 amide bonds. The van der Waals surface area contributed by atoms with Gasteiger partial charge in [0.2, 0.25) is 0 Å². The summed E-state index contributed by atoms with van der Waals surface area (Å²) in [6.45, 7) is 11.8. The Morgan fingerprint density at radius 2 is 1.77 bits per heavy atom. The molecule has 0 aromatic heterocycles. The SMILES string of the molecule is COC(C)(C)CNC(C)CC(C)C. The van der Waals surface area contributed by atoms with E-state index in [4.69, 9.17) is 4.74 Å². The Morgan fingerprint density at radius 1 is 1.23 bits per heavy atom. The maximum atomic E-state index is 5.33. The van der Waals surface area contributed by atoms with Gasteiger partial charge in [-0.25, -0.2) is 0 Å². The number of nitrogens with one attached hydrogen (secondary N) is 1. The van der Waals surface area contributed by atoms with Crippen molar-refractivity contribution in [3.63, 3.8) is 0 Å². The van der Waals surface area contributed by atoms with Crippen LogP contribution in [0.4, 0.5) is 0 Å². The topological polar surface area (TPSA) is 21.3 Å². The molecule has 0 aromatic rings. The van der Waals surface area contributed by atoms with Gasteiger partial charge in [0.25, 0.3) is 0 Å². The van der Waals surface area contributed by atoms with Crippen LogP contribution in [0.1, 0.15) is 41.0 Å². The van der Waals surface area contributed by atoms with Crippen molar-refractivity contribution in [2.45, 2.75) is 52.7 Å². The number of rotatable bonds is 6. The summed E-state index contributed by atoms with van der Waals surface area (Å²) in [5.74, 6) is 0.758. The third-order valence-electron chi connectivity index (χ3n) is 2.25. The lowest BCUT2D eigenvalue weighted by Gasteiger charge is -2.26. The second-order valence-corrected chi connectivity index (χ2v) is 4.88. The first kappa shape index (κ1) is 12.9. The average molecular weight is 187 g/mol. The third-order valence-corrected chi connectivity index (χ3v) is 2.25. The minimum absolute atomic E-state index is 0.0504. The standard InChI is InChI=1S/C11H25NO/c1-9(2)7-10(3)12-8-11(4,5)13-6/h9-10,12H,7-8H2,1-6H3. The van der Waals surface area contributed by atoms with Crippen molar-refractivity contribution < 1.29 is 4.74 Å². The Labute approximate surface area is 83.1 Å². The van der Waals surface area contributed by atoms with Gasteiger partial charge in [0.15, 0.2) is 0 Å². The molecule has 0 saturated carbocycles. The molecule has 0 aliphatic heterocycles. The highest BCUT2D eigenvalue weighted by Gasteiger charge is 2.17. The summed E-state index contributed by atoms with van der Waals surface area (Å²) < 4.78 is 5.33. The van der Waals surface area contributed by atoms with E-state index in [0.29, 0.717) is 6.04 Å². The first-order chi connectivity index (χ1) is 5.87. The van der Waals surface area contributed by atoms with Crippen molar-refractivity contribution in [1.82, 2.24) is 5.32 Å². The average Bonchev–Trinajstić information content (AvgIpc) is 2.00. The van der Waals surface area contributed by atoms with E-state index in [1.54, 1.807) is 7.11 Å². The quantitative estimate of drug-likeness (QED) is 0.689. The van der Waals surface area contributed by atoms with E-state index in [-0.39, 0.29) is 5.60 Å². The van der Waals surface area contributed by atoms with Crippen molar-refractivity contribution >= 4 is 0 Å². The summed E-state index contributed by atoms with van der Waals surface area (Å²) in [5, 5.41) is 3.48. The lowest BCUT2D eigenvalue weighted by molar-refractivity contribution is 0.0210. The molecule has 1 unspecified atom stereocenters. The molecule has 80 valence electrons. The molecule has 0 aliphatic carbocycles. The smallest absolute Gasteiger partial charge is 0.0746 e. The molecule has 13 heavy (non-hydrogen) atoms. The molecule has 0 radical (unpaired) electrons. The Hall–Kier alpha value is -0.0800. The largest absolute Gasteiger partial charge is 0.377 e. The predicted molar refractivity (Wildman–Crippen MR) is 58.0 cm³/mol. The van der Waals surface area contributed by atoms with Crippen molar-refractivity contribution in [3.8, 4) is 0 Å². The summed E-state index contributed by atoms with van der Waals surface area (Å²) in [6, 6.07) is 0.578. The van der Waals surface area contributed by atoms with Crippen molar-refractivity contribution in [2.24, 2.45) is 5.92 Å². The van der Waals surface area contributed by atoms with Crippen LogP contribution in [0.15, 0.2) is 0 Å². The zero-order valence-electron chi connectivity index (χ0n) is 9.98. The lowest BCUT2D eigenvalue weighted by atomic mass is 10.0. The summed E-state index contributed by atoms with van der Waals surface area (Å²) in [6.07, 6.45) is 1.22. The van der Waals surface area contributed by atoms with Gasteiger partial charge in [-0.1, -0.05) is 13.8 Å². The molecule has 0 saturated heterocycles. The Balaban J connectivity index is 3.63. The molecule has 2 nitrogen and oxygen atoms in total. The summed E-state index contributed by atoms with van der Waals surface area (Å²) >= 11 is 0. The third kappa shape index (κ3) is 7.03. The molecule has 0 heterocycles. The summed E-state index contributed by atoms with van der Waals surface area (Å²) in [7, 11) is 1.76. The molecule has 1 atom stereocenters. The number of hydrogen-bond donors (Lipinski definition) is 1. The number of hydrogen-bond acceptors (Lipinski definition) is 2. The fourth-order valence-electron chi connectivity index (χ4n) is 1.28. The number of ether oxygens (including phenoxy) is 1. The summed E-state index contributed by atoms with van der Waals surface area (Å²) in [4.78, 5) is 0. The predicted octanol–water partition coefficient (Wildman–Crippen LogP) is 2.44. The van der Waals surface area contributed by atoms with Crippen molar-refractivity contribution in [2.75, 3.05) is 13.7 Å². The van der Waals surface area contributed by atoms with Gasteiger partial charge in [0, 0.05) is 19.7 Å². The Morgan fingerprint density at radius 3 is 2.15 bits per heavy atom. The molecule has 2 heteroatoms. The van der Waals surface area contributed by atoms with Crippen LogP contribution < -0.4 is 5.32 Å². The van der Waals surface area contributed by atoms with Gasteiger partial charge in [-0.2, -0.15) is 0 Å². The van der Waals surface area contributed by atoms with E-state index in [9.17, 15) is 0 Å². The van der Waals surface area contributed by atoms with Crippen LogP contribution in [0.2, 0.25) is 0 Å². The second kappa shape index (κ2) is 5.61. The van der Waals surface area contributed by atoms with E-state index < -0.39 is 0 Å².